The molecule has 1 fully saturated rings. The van der Waals surface area contributed by atoms with Crippen molar-refractivity contribution >= 4 is 27.4 Å². The van der Waals surface area contributed by atoms with Gasteiger partial charge in [0.05, 0.1) is 6.61 Å². The second kappa shape index (κ2) is 6.04. The first-order valence-corrected chi connectivity index (χ1v) is 7.18. The average molecular weight is 269 g/mol. The number of piperidine rings is 1. The molecule has 0 atom stereocenters. The van der Waals surface area contributed by atoms with Gasteiger partial charge in [0.1, 0.15) is 5.00 Å². The highest BCUT2D eigenvalue weighted by Gasteiger charge is 2.24. The van der Waals surface area contributed by atoms with Gasteiger partial charge in [-0.15, -0.1) is 0 Å². The van der Waals surface area contributed by atoms with Gasteiger partial charge < -0.3 is 15.0 Å². The third kappa shape index (κ3) is 2.75. The molecule has 100 valence electrons. The number of aromatic nitrogens is 1. The SMILES string of the molecule is CCOC(=O)c1nc(NC)sc1N1CCCCC1. The van der Waals surface area contributed by atoms with Crippen molar-refractivity contribution in [2.75, 3.05) is 37.0 Å². The van der Waals surface area contributed by atoms with Crippen LogP contribution in [0, 0.1) is 0 Å². The van der Waals surface area contributed by atoms with Crippen LogP contribution in [0.25, 0.3) is 0 Å². The third-order valence-corrected chi connectivity index (χ3v) is 4.07. The van der Waals surface area contributed by atoms with Gasteiger partial charge in [-0.25, -0.2) is 9.78 Å². The minimum atomic E-state index is -0.323. The lowest BCUT2D eigenvalue weighted by Gasteiger charge is -2.27. The van der Waals surface area contributed by atoms with Crippen molar-refractivity contribution in [2.24, 2.45) is 0 Å². The van der Waals surface area contributed by atoms with E-state index in [9.17, 15) is 4.79 Å². The fraction of sp³-hybridized carbons (Fsp3) is 0.667. The number of carbonyl (C=O) groups excluding carboxylic acids is 1. The van der Waals surface area contributed by atoms with Crippen LogP contribution in [0.3, 0.4) is 0 Å². The topological polar surface area (TPSA) is 54.5 Å². The van der Waals surface area contributed by atoms with Crippen LogP contribution in [0.1, 0.15) is 36.7 Å². The van der Waals surface area contributed by atoms with Crippen LogP contribution in [-0.2, 0) is 4.74 Å². The molecule has 0 amide bonds. The van der Waals surface area contributed by atoms with Crippen molar-refractivity contribution in [3.8, 4) is 0 Å². The second-order valence-corrected chi connectivity index (χ2v) is 5.17. The second-order valence-electron chi connectivity index (χ2n) is 4.19. The largest absolute Gasteiger partial charge is 0.461 e. The van der Waals surface area contributed by atoms with Crippen LogP contribution in [0.4, 0.5) is 10.1 Å². The first kappa shape index (κ1) is 13.1. The van der Waals surface area contributed by atoms with Gasteiger partial charge in [0.15, 0.2) is 10.8 Å². The summed E-state index contributed by atoms with van der Waals surface area (Å²) in [5.41, 5.74) is 0.452. The number of nitrogens with zero attached hydrogens (tertiary/aromatic N) is 2. The molecule has 1 aliphatic heterocycles. The molecule has 1 aromatic heterocycles. The molecule has 0 spiro atoms. The van der Waals surface area contributed by atoms with E-state index in [2.05, 4.69) is 15.2 Å². The van der Waals surface area contributed by atoms with Crippen molar-refractivity contribution in [1.82, 2.24) is 4.98 Å². The zero-order valence-electron chi connectivity index (χ0n) is 10.9. The minimum absolute atomic E-state index is 0.323. The summed E-state index contributed by atoms with van der Waals surface area (Å²) in [6, 6.07) is 0. The number of ether oxygens (including phenoxy) is 1. The molecule has 2 heterocycles. The molecular weight excluding hydrogens is 250 g/mol. The van der Waals surface area contributed by atoms with Crippen LogP contribution in [0.15, 0.2) is 0 Å². The normalized spacial score (nSPS) is 15.6. The van der Waals surface area contributed by atoms with Gasteiger partial charge in [-0.1, -0.05) is 11.3 Å². The molecular formula is C12H19N3O2S. The summed E-state index contributed by atoms with van der Waals surface area (Å²) in [4.78, 5) is 18.5. The fourth-order valence-corrected chi connectivity index (χ4v) is 3.02. The number of hydrogen-bond acceptors (Lipinski definition) is 6. The van der Waals surface area contributed by atoms with E-state index in [0.29, 0.717) is 12.3 Å². The molecule has 0 aromatic carbocycles. The highest BCUT2D eigenvalue weighted by molar-refractivity contribution is 7.19. The van der Waals surface area contributed by atoms with Crippen molar-refractivity contribution in [1.29, 1.82) is 0 Å². The number of hydrogen-bond donors (Lipinski definition) is 1. The summed E-state index contributed by atoms with van der Waals surface area (Å²) in [5, 5.41) is 4.70. The lowest BCUT2D eigenvalue weighted by Crippen LogP contribution is -2.30. The molecule has 0 unspecified atom stereocenters. The molecule has 1 aromatic rings. The zero-order valence-corrected chi connectivity index (χ0v) is 11.7. The molecule has 1 N–H and O–H groups in total. The maximum atomic E-state index is 11.9. The molecule has 0 bridgehead atoms. The highest BCUT2D eigenvalue weighted by Crippen LogP contribution is 2.33. The summed E-state index contributed by atoms with van der Waals surface area (Å²) in [6.07, 6.45) is 3.62. The summed E-state index contributed by atoms with van der Waals surface area (Å²) < 4.78 is 5.07. The Morgan fingerprint density at radius 3 is 2.78 bits per heavy atom. The maximum absolute atomic E-state index is 11.9. The molecule has 1 aliphatic rings. The van der Waals surface area contributed by atoms with Gasteiger partial charge in [0.2, 0.25) is 0 Å². The number of rotatable bonds is 4. The molecule has 1 saturated heterocycles. The number of esters is 1. The smallest absolute Gasteiger partial charge is 0.360 e. The molecule has 0 radical (unpaired) electrons. The van der Waals surface area contributed by atoms with E-state index in [1.54, 1.807) is 0 Å². The van der Waals surface area contributed by atoms with Crippen LogP contribution >= 0.6 is 11.3 Å². The van der Waals surface area contributed by atoms with Crippen molar-refractivity contribution < 1.29 is 9.53 Å². The van der Waals surface area contributed by atoms with Gasteiger partial charge in [0.25, 0.3) is 0 Å². The Morgan fingerprint density at radius 2 is 2.17 bits per heavy atom. The fourth-order valence-electron chi connectivity index (χ4n) is 2.06. The molecule has 18 heavy (non-hydrogen) atoms. The van der Waals surface area contributed by atoms with E-state index >= 15 is 0 Å². The quantitative estimate of drug-likeness (QED) is 0.850. The first-order valence-electron chi connectivity index (χ1n) is 6.37. The van der Waals surface area contributed by atoms with Gasteiger partial charge >= 0.3 is 5.97 Å². The summed E-state index contributed by atoms with van der Waals surface area (Å²) in [5.74, 6) is -0.323. The van der Waals surface area contributed by atoms with Crippen molar-refractivity contribution in [3.63, 3.8) is 0 Å². The lowest BCUT2D eigenvalue weighted by molar-refractivity contribution is 0.0521. The third-order valence-electron chi connectivity index (χ3n) is 2.94. The Labute approximate surface area is 111 Å². The highest BCUT2D eigenvalue weighted by atomic mass is 32.1. The van der Waals surface area contributed by atoms with Crippen LogP contribution in [0.5, 0.6) is 0 Å². The Hall–Kier alpha value is -1.30. The van der Waals surface area contributed by atoms with Gasteiger partial charge in [-0.3, -0.25) is 0 Å². The monoisotopic (exact) mass is 269 g/mol. The van der Waals surface area contributed by atoms with Crippen molar-refractivity contribution in [3.05, 3.63) is 5.69 Å². The van der Waals surface area contributed by atoms with E-state index in [1.165, 1.54) is 30.6 Å². The summed E-state index contributed by atoms with van der Waals surface area (Å²) >= 11 is 1.52. The minimum Gasteiger partial charge on any atom is -0.461 e. The average Bonchev–Trinajstić information content (AvgIpc) is 2.84. The summed E-state index contributed by atoms with van der Waals surface area (Å²) in [7, 11) is 1.81. The Bertz CT molecular complexity index is 413. The molecule has 6 heteroatoms. The Kier molecular flexibility index (Phi) is 4.41. The van der Waals surface area contributed by atoms with Gasteiger partial charge in [-0.05, 0) is 26.2 Å². The van der Waals surface area contributed by atoms with E-state index in [0.717, 1.165) is 23.2 Å². The predicted molar refractivity (Wildman–Crippen MR) is 73.7 cm³/mol. The number of thiazole rings is 1. The maximum Gasteiger partial charge on any atom is 0.360 e. The molecule has 0 saturated carbocycles. The Morgan fingerprint density at radius 1 is 1.44 bits per heavy atom. The predicted octanol–water partition coefficient (Wildman–Crippen LogP) is 2.35. The van der Waals surface area contributed by atoms with Crippen LogP contribution < -0.4 is 10.2 Å². The van der Waals surface area contributed by atoms with Gasteiger partial charge in [-0.2, -0.15) is 0 Å². The number of nitrogens with one attached hydrogen (secondary N) is 1. The van der Waals surface area contributed by atoms with E-state index in [4.69, 9.17) is 4.74 Å². The molecule has 0 aliphatic carbocycles. The van der Waals surface area contributed by atoms with Crippen molar-refractivity contribution in [2.45, 2.75) is 26.2 Å². The van der Waals surface area contributed by atoms with E-state index in [-0.39, 0.29) is 5.97 Å². The molecule has 2 rings (SSSR count). The van der Waals surface area contributed by atoms with Gasteiger partial charge in [0, 0.05) is 20.1 Å². The zero-order chi connectivity index (χ0) is 13.0. The summed E-state index contributed by atoms with van der Waals surface area (Å²) in [6.45, 7) is 4.18. The number of carbonyl (C=O) groups is 1. The van der Waals surface area contributed by atoms with E-state index < -0.39 is 0 Å². The standard InChI is InChI=1S/C12H19N3O2S/c1-3-17-11(16)9-10(18-12(13-2)14-9)15-7-5-4-6-8-15/h3-8H2,1-2H3,(H,13,14). The van der Waals surface area contributed by atoms with Crippen LogP contribution in [-0.4, -0.2) is 37.7 Å². The number of anilines is 2. The molecule has 5 nitrogen and oxygen atoms in total. The lowest BCUT2D eigenvalue weighted by atomic mass is 10.1. The Balaban J connectivity index is 2.25. The first-order chi connectivity index (χ1) is 8.76. The van der Waals surface area contributed by atoms with E-state index in [1.807, 2.05) is 14.0 Å². The van der Waals surface area contributed by atoms with Crippen LogP contribution in [0.2, 0.25) is 0 Å².